The molecule has 172 valence electrons. The zero-order valence-electron chi connectivity index (χ0n) is 17.9. The van der Waals surface area contributed by atoms with Gasteiger partial charge in [0.05, 0.1) is 28.0 Å². The van der Waals surface area contributed by atoms with Crippen molar-refractivity contribution in [3.8, 4) is 0 Å². The molecule has 0 fully saturated rings. The second-order valence-corrected chi connectivity index (χ2v) is 7.46. The van der Waals surface area contributed by atoms with Crippen molar-refractivity contribution in [1.29, 1.82) is 0 Å². The van der Waals surface area contributed by atoms with E-state index in [0.717, 1.165) is 12.1 Å². The average molecular weight is 464 g/mol. The predicted molar refractivity (Wildman–Crippen MR) is 125 cm³/mol. The molecular formula is C25H19F3N4O2. The molecule has 1 aromatic heterocycles. The summed E-state index contributed by atoms with van der Waals surface area (Å²) in [5, 5.41) is 8.56. The Bertz CT molecular complexity index is 1370. The highest BCUT2D eigenvalue weighted by Gasteiger charge is 2.35. The number of fused-ring (bicyclic) bond motifs is 1. The highest BCUT2D eigenvalue weighted by molar-refractivity contribution is 6.12. The lowest BCUT2D eigenvalue weighted by atomic mass is 10.1. The molecule has 6 nitrogen and oxygen atoms in total. The maximum absolute atomic E-state index is 13.3. The molecule has 0 spiro atoms. The van der Waals surface area contributed by atoms with Gasteiger partial charge in [0.1, 0.15) is 0 Å². The summed E-state index contributed by atoms with van der Waals surface area (Å²) < 4.78 is 40.0. The minimum absolute atomic E-state index is 0.214. The number of amides is 3. The number of nitrogens with one attached hydrogen (secondary N) is 3. The summed E-state index contributed by atoms with van der Waals surface area (Å²) in [5.74, 6) is -0.917. The first kappa shape index (κ1) is 22.8. The zero-order valence-corrected chi connectivity index (χ0v) is 17.9. The highest BCUT2D eigenvalue weighted by atomic mass is 19.4. The van der Waals surface area contributed by atoms with E-state index in [1.165, 1.54) is 24.4 Å². The van der Waals surface area contributed by atoms with Crippen molar-refractivity contribution < 1.29 is 22.8 Å². The van der Waals surface area contributed by atoms with Gasteiger partial charge < -0.3 is 16.0 Å². The number of aryl methyl sites for hydroxylation is 1. The van der Waals surface area contributed by atoms with Crippen LogP contribution >= 0.6 is 0 Å². The van der Waals surface area contributed by atoms with Gasteiger partial charge in [-0.2, -0.15) is 13.2 Å². The van der Waals surface area contributed by atoms with Crippen LogP contribution in [0.1, 0.15) is 21.5 Å². The number of urea groups is 1. The van der Waals surface area contributed by atoms with Gasteiger partial charge >= 0.3 is 12.2 Å². The first-order valence-electron chi connectivity index (χ1n) is 10.2. The number of aromatic nitrogens is 1. The number of carbonyl (C=O) groups excluding carboxylic acids is 2. The van der Waals surface area contributed by atoms with Crippen LogP contribution in [0.2, 0.25) is 0 Å². The Morgan fingerprint density at radius 2 is 1.53 bits per heavy atom. The maximum atomic E-state index is 13.3. The van der Waals surface area contributed by atoms with Crippen molar-refractivity contribution >= 4 is 39.9 Å². The van der Waals surface area contributed by atoms with Gasteiger partial charge in [0.15, 0.2) is 0 Å². The SMILES string of the molecule is Cc1cnc2c(NC(=O)c3ccccc3C(F)(F)F)cccc2c1NC(=O)Nc1ccccc1. The van der Waals surface area contributed by atoms with Crippen molar-refractivity contribution in [2.24, 2.45) is 0 Å². The number of hydrogen-bond acceptors (Lipinski definition) is 3. The van der Waals surface area contributed by atoms with E-state index in [1.54, 1.807) is 43.3 Å². The van der Waals surface area contributed by atoms with Crippen LogP contribution in [0.4, 0.5) is 35.0 Å². The molecule has 0 aliphatic carbocycles. The molecule has 34 heavy (non-hydrogen) atoms. The lowest BCUT2D eigenvalue weighted by Gasteiger charge is -2.16. The van der Waals surface area contributed by atoms with Crippen LogP contribution in [0.5, 0.6) is 0 Å². The lowest BCUT2D eigenvalue weighted by Crippen LogP contribution is -2.20. The average Bonchev–Trinajstić information content (AvgIpc) is 2.81. The number of hydrogen-bond donors (Lipinski definition) is 3. The molecule has 0 aliphatic heterocycles. The summed E-state index contributed by atoms with van der Waals surface area (Å²) in [4.78, 5) is 29.6. The Morgan fingerprint density at radius 3 is 2.26 bits per heavy atom. The van der Waals surface area contributed by atoms with Gasteiger partial charge in [0, 0.05) is 17.3 Å². The van der Waals surface area contributed by atoms with Crippen molar-refractivity contribution in [3.63, 3.8) is 0 Å². The fourth-order valence-electron chi connectivity index (χ4n) is 3.50. The lowest BCUT2D eigenvalue weighted by molar-refractivity contribution is -0.137. The predicted octanol–water partition coefficient (Wildman–Crippen LogP) is 6.46. The standard InChI is InChI=1S/C25H19F3N4O2/c1-15-14-29-22-18(21(15)32-24(34)30-16-8-3-2-4-9-16)11-7-13-20(22)31-23(33)17-10-5-6-12-19(17)25(26,27)28/h2-14H,1H3,(H,31,33)(H2,29,30,32,34). The van der Waals surface area contributed by atoms with Crippen LogP contribution in [0.15, 0.2) is 79.0 Å². The number of para-hydroxylation sites is 2. The fourth-order valence-corrected chi connectivity index (χ4v) is 3.50. The van der Waals surface area contributed by atoms with Crippen molar-refractivity contribution in [1.82, 2.24) is 4.98 Å². The van der Waals surface area contributed by atoms with Crippen molar-refractivity contribution in [2.75, 3.05) is 16.0 Å². The van der Waals surface area contributed by atoms with E-state index in [0.29, 0.717) is 27.8 Å². The first-order valence-corrected chi connectivity index (χ1v) is 10.2. The monoisotopic (exact) mass is 464 g/mol. The molecule has 0 saturated carbocycles. The zero-order chi connectivity index (χ0) is 24.3. The maximum Gasteiger partial charge on any atom is 0.417 e. The number of nitrogens with zero attached hydrogens (tertiary/aromatic N) is 1. The molecule has 0 saturated heterocycles. The van der Waals surface area contributed by atoms with Crippen LogP contribution in [-0.4, -0.2) is 16.9 Å². The molecule has 3 aromatic carbocycles. The second-order valence-electron chi connectivity index (χ2n) is 7.46. The third-order valence-electron chi connectivity index (χ3n) is 5.08. The van der Waals surface area contributed by atoms with E-state index in [4.69, 9.17) is 0 Å². The summed E-state index contributed by atoms with van der Waals surface area (Å²) in [6.07, 6.45) is -3.16. The Kier molecular flexibility index (Phi) is 6.18. The van der Waals surface area contributed by atoms with Crippen molar-refractivity contribution in [3.05, 3.63) is 95.7 Å². The van der Waals surface area contributed by atoms with Crippen LogP contribution in [0, 0.1) is 6.92 Å². The molecular weight excluding hydrogens is 445 g/mol. The number of halogens is 3. The van der Waals surface area contributed by atoms with Crippen molar-refractivity contribution in [2.45, 2.75) is 13.1 Å². The quantitative estimate of drug-likeness (QED) is 0.324. The normalized spacial score (nSPS) is 11.2. The summed E-state index contributed by atoms with van der Waals surface area (Å²) in [7, 11) is 0. The Morgan fingerprint density at radius 1 is 0.824 bits per heavy atom. The van der Waals surface area contributed by atoms with Gasteiger partial charge in [-0.1, -0.05) is 42.5 Å². The number of carbonyl (C=O) groups is 2. The minimum Gasteiger partial charge on any atom is -0.320 e. The van der Waals surface area contributed by atoms with Gasteiger partial charge in [-0.15, -0.1) is 0 Å². The molecule has 1 heterocycles. The number of benzene rings is 3. The number of pyridine rings is 1. The molecule has 4 aromatic rings. The van der Waals surface area contributed by atoms with Crippen LogP contribution in [0.25, 0.3) is 10.9 Å². The van der Waals surface area contributed by atoms with Gasteiger partial charge in [-0.3, -0.25) is 9.78 Å². The van der Waals surface area contributed by atoms with Gasteiger partial charge in [-0.25, -0.2) is 4.79 Å². The highest BCUT2D eigenvalue weighted by Crippen LogP contribution is 2.34. The molecule has 0 atom stereocenters. The molecule has 3 amide bonds. The van der Waals surface area contributed by atoms with Gasteiger partial charge in [0.2, 0.25) is 0 Å². The van der Waals surface area contributed by atoms with E-state index >= 15 is 0 Å². The molecule has 0 unspecified atom stereocenters. The second kappa shape index (κ2) is 9.22. The Hall–Kier alpha value is -4.40. The largest absolute Gasteiger partial charge is 0.417 e. The minimum atomic E-state index is -4.68. The van der Waals surface area contributed by atoms with Crippen LogP contribution < -0.4 is 16.0 Å². The molecule has 0 bridgehead atoms. The molecule has 3 N–H and O–H groups in total. The topological polar surface area (TPSA) is 83.1 Å². The number of anilines is 3. The summed E-state index contributed by atoms with van der Waals surface area (Å²) >= 11 is 0. The van der Waals surface area contributed by atoms with E-state index in [1.807, 2.05) is 6.07 Å². The molecule has 0 radical (unpaired) electrons. The Labute approximate surface area is 192 Å². The summed E-state index contributed by atoms with van der Waals surface area (Å²) in [5.41, 5.74) is 0.738. The van der Waals surface area contributed by atoms with E-state index in [-0.39, 0.29) is 5.69 Å². The van der Waals surface area contributed by atoms with E-state index in [9.17, 15) is 22.8 Å². The van der Waals surface area contributed by atoms with Crippen LogP contribution in [0.3, 0.4) is 0 Å². The first-order chi connectivity index (χ1) is 16.2. The molecule has 4 rings (SSSR count). The smallest absolute Gasteiger partial charge is 0.320 e. The molecule has 0 aliphatic rings. The third-order valence-corrected chi connectivity index (χ3v) is 5.08. The van der Waals surface area contributed by atoms with E-state index < -0.39 is 29.2 Å². The number of alkyl halides is 3. The van der Waals surface area contributed by atoms with E-state index in [2.05, 4.69) is 20.9 Å². The Balaban J connectivity index is 1.65. The number of rotatable bonds is 4. The van der Waals surface area contributed by atoms with Gasteiger partial charge in [-0.05, 0) is 42.8 Å². The van der Waals surface area contributed by atoms with Crippen LogP contribution in [-0.2, 0) is 6.18 Å². The summed E-state index contributed by atoms with van der Waals surface area (Å²) in [6, 6.07) is 17.8. The summed E-state index contributed by atoms with van der Waals surface area (Å²) in [6.45, 7) is 1.76. The van der Waals surface area contributed by atoms with Gasteiger partial charge in [0.25, 0.3) is 5.91 Å². The fraction of sp³-hybridized carbons (Fsp3) is 0.0800. The third kappa shape index (κ3) is 4.83. The molecule has 9 heteroatoms.